The first-order chi connectivity index (χ1) is 19.6. The molecule has 6 N–H and O–H groups in total. The molecule has 220 valence electrons. The molecule has 0 unspecified atom stereocenters. The van der Waals surface area contributed by atoms with E-state index in [1.54, 1.807) is 24.3 Å². The highest BCUT2D eigenvalue weighted by Crippen LogP contribution is 2.28. The van der Waals surface area contributed by atoms with Crippen LogP contribution in [0.3, 0.4) is 0 Å². The molecule has 1 fully saturated rings. The zero-order chi connectivity index (χ0) is 29.7. The second-order valence-electron chi connectivity index (χ2n) is 9.95. The van der Waals surface area contributed by atoms with Crippen LogP contribution >= 0.6 is 0 Å². The lowest BCUT2D eigenvalue weighted by Crippen LogP contribution is -2.61. The van der Waals surface area contributed by atoms with Gasteiger partial charge in [-0.2, -0.15) is 0 Å². The van der Waals surface area contributed by atoms with Crippen LogP contribution in [0.25, 0.3) is 0 Å². The molecular weight excluding hydrogens is 540 g/mol. The maximum absolute atomic E-state index is 13.7. The SMILES string of the molecule is O=C(CN1C(=O)[C@@H](N[C@H](CCc2ccccc2)C(=O)O)CCc2ccccc21)O[C@@H]1O[C@H](C(=O)O)[C@@H](O)[C@H](O)[C@H]1O. The number of aliphatic hydroxyl groups is 3. The summed E-state index contributed by atoms with van der Waals surface area (Å²) in [6.07, 6.45) is -8.44. The Hall–Kier alpha value is -3.88. The van der Waals surface area contributed by atoms with Crippen molar-refractivity contribution in [2.24, 2.45) is 0 Å². The highest BCUT2D eigenvalue weighted by Gasteiger charge is 2.49. The van der Waals surface area contributed by atoms with Crippen LogP contribution in [0.4, 0.5) is 5.69 Å². The Bertz CT molecular complexity index is 1260. The summed E-state index contributed by atoms with van der Waals surface area (Å²) in [5, 5.41) is 52.1. The van der Waals surface area contributed by atoms with Crippen LogP contribution in [0, 0.1) is 0 Å². The van der Waals surface area contributed by atoms with Crippen LogP contribution in [-0.2, 0) is 41.5 Å². The van der Waals surface area contributed by atoms with Crippen molar-refractivity contribution in [1.29, 1.82) is 0 Å². The van der Waals surface area contributed by atoms with Crippen LogP contribution < -0.4 is 10.2 Å². The van der Waals surface area contributed by atoms with Gasteiger partial charge in [0.05, 0.1) is 6.04 Å². The zero-order valence-electron chi connectivity index (χ0n) is 21.9. The molecule has 13 heteroatoms. The lowest BCUT2D eigenvalue weighted by atomic mass is 9.99. The first-order valence-electron chi connectivity index (χ1n) is 13.1. The maximum atomic E-state index is 13.7. The Kier molecular flexibility index (Phi) is 9.68. The molecule has 1 amide bonds. The summed E-state index contributed by atoms with van der Waals surface area (Å²) in [4.78, 5) is 51.2. The second-order valence-corrected chi connectivity index (χ2v) is 9.95. The van der Waals surface area contributed by atoms with Gasteiger partial charge in [0.2, 0.25) is 12.2 Å². The Morgan fingerprint density at radius 2 is 1.66 bits per heavy atom. The molecule has 0 aromatic heterocycles. The summed E-state index contributed by atoms with van der Waals surface area (Å²) in [5.41, 5.74) is 2.07. The summed E-state index contributed by atoms with van der Waals surface area (Å²) in [6, 6.07) is 14.1. The quantitative estimate of drug-likeness (QED) is 0.199. The number of carboxylic acid groups (broad SMARTS) is 2. The number of aryl methyl sites for hydroxylation is 2. The Morgan fingerprint density at radius 1 is 0.976 bits per heavy atom. The van der Waals surface area contributed by atoms with Crippen molar-refractivity contribution in [3.8, 4) is 0 Å². The number of carboxylic acids is 2. The van der Waals surface area contributed by atoms with E-state index in [1.165, 1.54) is 0 Å². The number of benzene rings is 2. The van der Waals surface area contributed by atoms with E-state index in [9.17, 15) is 44.7 Å². The summed E-state index contributed by atoms with van der Waals surface area (Å²) >= 11 is 0. The van der Waals surface area contributed by atoms with Crippen molar-refractivity contribution in [2.75, 3.05) is 11.4 Å². The van der Waals surface area contributed by atoms with Crippen LogP contribution in [0.1, 0.15) is 24.0 Å². The van der Waals surface area contributed by atoms with Crippen molar-refractivity contribution < 1.29 is 54.2 Å². The van der Waals surface area contributed by atoms with Gasteiger partial charge in [-0.1, -0.05) is 48.5 Å². The fraction of sp³-hybridized carbons (Fsp3) is 0.429. The monoisotopic (exact) mass is 572 g/mol. The molecule has 4 rings (SSSR count). The third-order valence-corrected chi connectivity index (χ3v) is 7.16. The molecule has 0 saturated carbocycles. The van der Waals surface area contributed by atoms with Crippen molar-refractivity contribution in [2.45, 2.75) is 68.5 Å². The Morgan fingerprint density at radius 3 is 2.34 bits per heavy atom. The first kappa shape index (κ1) is 30.1. The van der Waals surface area contributed by atoms with Crippen molar-refractivity contribution in [3.05, 3.63) is 65.7 Å². The molecule has 41 heavy (non-hydrogen) atoms. The normalized spacial score (nSPS) is 26.9. The molecule has 7 atom stereocenters. The molecule has 2 aliphatic rings. The number of anilines is 1. The standard InChI is InChI=1S/C28H32N2O11/c31-20(40-28-23(34)21(32)22(33)24(41-28)27(38)39)14-30-19-9-5-4-8-16(19)11-13-17(25(30)35)29-18(26(36)37)12-10-15-6-2-1-3-7-15/h1-9,17-18,21-24,28-29,32-34H,10-14H2,(H,36,37)(H,38,39)/t17-,18+,21-,22-,23+,24-,28+/m0/s1. The molecule has 1 saturated heterocycles. The minimum Gasteiger partial charge on any atom is -0.480 e. The van der Waals surface area contributed by atoms with Crippen LogP contribution in [-0.4, -0.2) is 98.7 Å². The maximum Gasteiger partial charge on any atom is 0.335 e. The number of fused-ring (bicyclic) bond motifs is 1. The number of nitrogens with zero attached hydrogens (tertiary/aromatic N) is 1. The van der Waals surface area contributed by atoms with E-state index in [4.69, 9.17) is 9.47 Å². The van der Waals surface area contributed by atoms with Gasteiger partial charge in [-0.25, -0.2) is 4.79 Å². The number of carbonyl (C=O) groups is 4. The van der Waals surface area contributed by atoms with Gasteiger partial charge in [-0.3, -0.25) is 24.6 Å². The number of rotatable bonds is 10. The molecule has 0 spiro atoms. The van der Waals surface area contributed by atoms with Crippen molar-refractivity contribution in [3.63, 3.8) is 0 Å². The van der Waals surface area contributed by atoms with Crippen LogP contribution in [0.2, 0.25) is 0 Å². The number of carbonyl (C=O) groups excluding carboxylic acids is 2. The average Bonchev–Trinajstić information content (AvgIpc) is 3.08. The molecule has 2 aliphatic heterocycles. The minimum absolute atomic E-state index is 0.216. The second kappa shape index (κ2) is 13.2. The highest BCUT2D eigenvalue weighted by molar-refractivity contribution is 6.02. The fourth-order valence-electron chi connectivity index (χ4n) is 4.96. The van der Waals surface area contributed by atoms with Crippen molar-refractivity contribution >= 4 is 29.5 Å². The van der Waals surface area contributed by atoms with Gasteiger partial charge in [0.15, 0.2) is 6.10 Å². The lowest BCUT2D eigenvalue weighted by molar-refractivity contribution is -0.285. The molecule has 2 heterocycles. The Balaban J connectivity index is 1.50. The molecule has 2 aromatic carbocycles. The average molecular weight is 573 g/mol. The summed E-state index contributed by atoms with van der Waals surface area (Å²) in [7, 11) is 0. The number of aliphatic carboxylic acids is 2. The lowest BCUT2D eigenvalue weighted by Gasteiger charge is -2.38. The van der Waals surface area contributed by atoms with Crippen LogP contribution in [0.5, 0.6) is 0 Å². The third kappa shape index (κ3) is 7.07. The smallest absolute Gasteiger partial charge is 0.335 e. The number of aliphatic hydroxyl groups excluding tert-OH is 3. The van der Waals surface area contributed by atoms with E-state index in [-0.39, 0.29) is 12.8 Å². The summed E-state index contributed by atoms with van der Waals surface area (Å²) in [6.45, 7) is -0.682. The van der Waals surface area contributed by atoms with E-state index in [2.05, 4.69) is 5.32 Å². The molecule has 0 radical (unpaired) electrons. The molecule has 0 aliphatic carbocycles. The number of ether oxygens (including phenoxy) is 2. The van der Waals surface area contributed by atoms with E-state index in [0.717, 1.165) is 16.0 Å². The minimum atomic E-state index is -1.97. The number of amides is 1. The molecule has 13 nitrogen and oxygen atoms in total. The topological polar surface area (TPSA) is 203 Å². The fourth-order valence-corrected chi connectivity index (χ4v) is 4.96. The van der Waals surface area contributed by atoms with E-state index in [0.29, 0.717) is 18.5 Å². The van der Waals surface area contributed by atoms with Crippen molar-refractivity contribution in [1.82, 2.24) is 5.32 Å². The predicted octanol–water partition coefficient (Wildman–Crippen LogP) is -0.555. The van der Waals surface area contributed by atoms with Gasteiger partial charge in [0.1, 0.15) is 30.9 Å². The van der Waals surface area contributed by atoms with E-state index in [1.807, 2.05) is 30.3 Å². The van der Waals surface area contributed by atoms with E-state index >= 15 is 0 Å². The van der Waals surface area contributed by atoms with Gasteiger partial charge >= 0.3 is 17.9 Å². The molecular formula is C28H32N2O11. The highest BCUT2D eigenvalue weighted by atomic mass is 16.7. The number of hydrogen-bond acceptors (Lipinski definition) is 10. The largest absolute Gasteiger partial charge is 0.480 e. The number of hydrogen-bond donors (Lipinski definition) is 6. The number of esters is 1. The van der Waals surface area contributed by atoms with Gasteiger partial charge in [0, 0.05) is 5.69 Å². The van der Waals surface area contributed by atoms with Gasteiger partial charge in [-0.15, -0.1) is 0 Å². The predicted molar refractivity (Wildman–Crippen MR) is 141 cm³/mol. The van der Waals surface area contributed by atoms with Gasteiger partial charge < -0.3 is 35.0 Å². The molecule has 2 aromatic rings. The van der Waals surface area contributed by atoms with Gasteiger partial charge in [0.25, 0.3) is 0 Å². The number of nitrogens with one attached hydrogen (secondary N) is 1. The summed E-state index contributed by atoms with van der Waals surface area (Å²) < 4.78 is 10.1. The van der Waals surface area contributed by atoms with Gasteiger partial charge in [-0.05, 0) is 42.9 Å². The number of para-hydroxylation sites is 1. The molecule has 0 bridgehead atoms. The first-order valence-corrected chi connectivity index (χ1v) is 13.1. The van der Waals surface area contributed by atoms with Crippen LogP contribution in [0.15, 0.2) is 54.6 Å². The summed E-state index contributed by atoms with van der Waals surface area (Å²) in [5.74, 6) is -4.44. The zero-order valence-corrected chi connectivity index (χ0v) is 21.9. The Labute approximate surface area is 234 Å². The van der Waals surface area contributed by atoms with E-state index < -0.39 is 73.1 Å². The third-order valence-electron chi connectivity index (χ3n) is 7.16.